The Morgan fingerprint density at radius 1 is 0.785 bits per heavy atom. The van der Waals surface area contributed by atoms with Crippen molar-refractivity contribution in [2.24, 2.45) is 10.8 Å². The third-order valence-electron chi connectivity index (χ3n) is 20.6. The van der Waals surface area contributed by atoms with Gasteiger partial charge in [-0.05, 0) is 172 Å². The Bertz CT molecular complexity index is 4350. The molecule has 0 radical (unpaired) electrons. The molecule has 3 fully saturated rings. The van der Waals surface area contributed by atoms with Crippen molar-refractivity contribution in [3.8, 4) is 10.4 Å². The average Bonchev–Trinajstić information content (AvgIpc) is 1.22. The SMILES string of the molecule is Cc1ncsc1-c1ccc([C@H](C)NC(=O)[C@@H]2C[C@@H](O)CN2C(=O)[C@@H](NC(=O)CCCCCC(=O)N2CCCCN(CC[C@H](CSc3ccccc3)Nc3ccc(S(=O)(=O)NC(=O)c4ccc(N5CCN(CC6=C(c7ccc(Cl)cc7)CCC(C)(C)C6)CC5)cc4)cc3S(=O)(=O)C(F)(F)F)CC2)C(C)(C)C)cc1. The number of rotatable bonds is 28. The van der Waals surface area contributed by atoms with Crippen molar-refractivity contribution in [1.29, 1.82) is 0 Å². The van der Waals surface area contributed by atoms with Gasteiger partial charge >= 0.3 is 5.51 Å². The van der Waals surface area contributed by atoms with Gasteiger partial charge in [-0.25, -0.2) is 26.5 Å². The second-order valence-electron chi connectivity index (χ2n) is 30.4. The Morgan fingerprint density at radius 3 is 2.13 bits per heavy atom. The summed E-state index contributed by atoms with van der Waals surface area (Å²) >= 11 is 9.18. The Morgan fingerprint density at radius 2 is 1.46 bits per heavy atom. The first-order valence-corrected chi connectivity index (χ1v) is 42.0. The van der Waals surface area contributed by atoms with Gasteiger partial charge in [0, 0.05) is 118 Å². The molecular formula is C79H100ClF3N10O10S4. The highest BCUT2D eigenvalue weighted by molar-refractivity contribution is 7.99. The Labute approximate surface area is 641 Å². The number of nitrogens with zero attached hydrogens (tertiary/aromatic N) is 6. The highest BCUT2D eigenvalue weighted by Crippen LogP contribution is 2.44. The minimum atomic E-state index is -6.19. The van der Waals surface area contributed by atoms with E-state index in [-0.39, 0.29) is 54.4 Å². The number of hydrogen-bond donors (Lipinski definition) is 5. The molecule has 3 saturated heterocycles. The first-order valence-electron chi connectivity index (χ1n) is 36.8. The first-order chi connectivity index (χ1) is 50.7. The topological polar surface area (TPSA) is 251 Å². The van der Waals surface area contributed by atoms with Gasteiger partial charge in [0.05, 0.1) is 38.8 Å². The second kappa shape index (κ2) is 36.0. The van der Waals surface area contributed by atoms with Crippen molar-refractivity contribution >= 4 is 101 Å². The maximum atomic E-state index is 14.7. The van der Waals surface area contributed by atoms with Crippen LogP contribution in [0.15, 0.2) is 147 Å². The van der Waals surface area contributed by atoms with E-state index in [1.165, 1.54) is 45.5 Å². The summed E-state index contributed by atoms with van der Waals surface area (Å²) in [7, 11) is -11.1. The van der Waals surface area contributed by atoms with Gasteiger partial charge in [-0.3, -0.25) is 28.9 Å². The van der Waals surface area contributed by atoms with Crippen molar-refractivity contribution in [2.45, 2.75) is 176 Å². The summed E-state index contributed by atoms with van der Waals surface area (Å²) in [4.78, 5) is 83.2. The number of aliphatic hydroxyl groups excluding tert-OH is 1. The number of thiazole rings is 1. The molecule has 0 bridgehead atoms. The van der Waals surface area contributed by atoms with E-state index in [0.29, 0.717) is 89.0 Å². The number of benzene rings is 5. The van der Waals surface area contributed by atoms with Gasteiger partial charge in [-0.15, -0.1) is 23.1 Å². The summed E-state index contributed by atoms with van der Waals surface area (Å²) in [5.74, 6) is -2.09. The number of likely N-dealkylation sites (tertiary alicyclic amines) is 1. The third-order valence-corrected chi connectivity index (χ3v) is 25.9. The monoisotopic (exact) mass is 1570 g/mol. The molecule has 107 heavy (non-hydrogen) atoms. The smallest absolute Gasteiger partial charge is 0.391 e. The van der Waals surface area contributed by atoms with Crippen molar-refractivity contribution in [2.75, 3.05) is 88.0 Å². The van der Waals surface area contributed by atoms with Crippen LogP contribution >= 0.6 is 34.7 Å². The number of alkyl halides is 3. The molecule has 1 aromatic heterocycles. The number of allylic oxidation sites excluding steroid dienone is 1. The van der Waals surface area contributed by atoms with E-state index < -0.39 is 94.3 Å². The number of anilines is 2. The molecule has 5 N–H and O–H groups in total. The van der Waals surface area contributed by atoms with Crippen molar-refractivity contribution in [3.63, 3.8) is 0 Å². The number of thioether (sulfide) groups is 1. The van der Waals surface area contributed by atoms with Gasteiger partial charge in [0.25, 0.3) is 25.8 Å². The molecule has 4 aliphatic rings. The number of halogens is 4. The van der Waals surface area contributed by atoms with E-state index in [1.807, 2.05) is 111 Å². The third kappa shape index (κ3) is 22.0. The van der Waals surface area contributed by atoms with E-state index in [0.717, 1.165) is 89.7 Å². The fourth-order valence-electron chi connectivity index (χ4n) is 14.4. The average molecular weight is 1570 g/mol. The van der Waals surface area contributed by atoms with Gasteiger partial charge in [0.1, 0.15) is 17.0 Å². The van der Waals surface area contributed by atoms with Crippen LogP contribution in [0.4, 0.5) is 24.5 Å². The quantitative estimate of drug-likeness (QED) is 0.0226. The van der Waals surface area contributed by atoms with E-state index in [4.69, 9.17) is 11.6 Å². The van der Waals surface area contributed by atoms with Crippen molar-refractivity contribution < 1.29 is 59.1 Å². The van der Waals surface area contributed by atoms with E-state index in [9.17, 15) is 59.1 Å². The van der Waals surface area contributed by atoms with Crippen LogP contribution in [-0.2, 0) is 39.0 Å². The minimum Gasteiger partial charge on any atom is -0.391 e. The fraction of sp³-hybridized carbons (Fsp3) is 0.494. The molecular weight excluding hydrogens is 1470 g/mol. The number of β-amino-alcohol motifs (C(OH)–C–C–N with tert-alkyl or cyclic N) is 1. The largest absolute Gasteiger partial charge is 0.501 e. The number of aromatic nitrogens is 1. The van der Waals surface area contributed by atoms with Crippen LogP contribution in [0.5, 0.6) is 0 Å². The number of hydrogen-bond acceptors (Lipinski definition) is 17. The summed E-state index contributed by atoms with van der Waals surface area (Å²) in [6.45, 7) is 20.1. The molecule has 4 heterocycles. The number of unbranched alkanes of at least 4 members (excludes halogenated alkanes) is 2. The zero-order valence-electron chi connectivity index (χ0n) is 61.9. The molecule has 5 atom stereocenters. The standard InChI is InChI=1S/C79H100ClF3N10O10S4/c1-53(55-20-22-57(23-21-55)72-54(2)84-52-105-72)85-75(98)68-46-63(94)50-93(68)76(99)73(77(3,4)5)87-70(95)18-12-9-13-19-71(96)92-38-15-14-37-89(40-45-92)39-35-61(51-104-64-16-10-8-11-17-64)86-67-33-32-65(47-69(67)106(100,101)79(81,82)83)107(102,103)88-74(97)58-26-30-62(31-27-58)91-43-41-90(42-44-91)49-59-48-78(6,7)36-34-66(59)56-24-28-60(80)29-25-56/h8,10-11,16-17,20-33,47,52-53,61,63,68,73,86,94H,9,12-15,18-19,34-46,48-51H2,1-7H3,(H,85,98)(H,87,95)(H,88,97)/t53-,61+,63+,68-,73+/m0/s1. The molecule has 0 saturated carbocycles. The van der Waals surface area contributed by atoms with Crippen molar-refractivity contribution in [3.05, 3.63) is 160 Å². The lowest BCUT2D eigenvalue weighted by Gasteiger charge is -2.39. The molecule has 6 aromatic rings. The summed E-state index contributed by atoms with van der Waals surface area (Å²) in [6, 6.07) is 30.8. The molecule has 0 unspecified atom stereocenters. The summed E-state index contributed by atoms with van der Waals surface area (Å²) in [5.41, 5.74) is 2.51. The number of amides is 5. The van der Waals surface area contributed by atoms with E-state index >= 15 is 0 Å². The number of aliphatic hydroxyl groups is 1. The van der Waals surface area contributed by atoms with Gasteiger partial charge < -0.3 is 40.7 Å². The predicted molar refractivity (Wildman–Crippen MR) is 416 cm³/mol. The predicted octanol–water partition coefficient (Wildman–Crippen LogP) is 13.2. The normalized spacial score (nSPS) is 18.8. The zero-order valence-corrected chi connectivity index (χ0v) is 66.0. The molecule has 3 aliphatic heterocycles. The van der Waals surface area contributed by atoms with Gasteiger partial charge in [-0.1, -0.05) is 113 Å². The Kier molecular flexibility index (Phi) is 27.6. The molecule has 28 heteroatoms. The maximum Gasteiger partial charge on any atom is 0.501 e. The van der Waals surface area contributed by atoms with Crippen LogP contribution in [0.2, 0.25) is 5.02 Å². The van der Waals surface area contributed by atoms with Crippen LogP contribution < -0.4 is 25.6 Å². The highest BCUT2D eigenvalue weighted by atomic mass is 35.5. The second-order valence-corrected chi connectivity index (χ2v) is 36.4. The van der Waals surface area contributed by atoms with Crippen LogP contribution in [0.3, 0.4) is 0 Å². The Hall–Kier alpha value is -7.37. The summed E-state index contributed by atoms with van der Waals surface area (Å²) in [6.07, 6.45) is 5.77. The number of sulfone groups is 1. The van der Waals surface area contributed by atoms with Crippen LogP contribution in [0.1, 0.15) is 152 Å². The zero-order chi connectivity index (χ0) is 77.0. The van der Waals surface area contributed by atoms with Gasteiger partial charge in [-0.2, -0.15) is 13.2 Å². The summed E-state index contributed by atoms with van der Waals surface area (Å²) in [5, 5.41) is 20.5. The van der Waals surface area contributed by atoms with E-state index in [1.54, 1.807) is 29.0 Å². The lowest BCUT2D eigenvalue weighted by atomic mass is 9.73. The fourth-order valence-corrected chi connectivity index (χ4v) is 18.4. The molecule has 5 aromatic carbocycles. The summed E-state index contributed by atoms with van der Waals surface area (Å²) < 4.78 is 101. The van der Waals surface area contributed by atoms with Gasteiger partial charge in [0.15, 0.2) is 0 Å². The number of sulfonamides is 1. The molecule has 578 valence electrons. The molecule has 5 amide bonds. The number of carbonyl (C=O) groups is 5. The lowest BCUT2D eigenvalue weighted by Crippen LogP contribution is -2.57. The molecule has 10 rings (SSSR count). The molecule has 0 spiro atoms. The van der Waals surface area contributed by atoms with Crippen LogP contribution in [0.25, 0.3) is 16.0 Å². The number of carbonyl (C=O) groups excluding carboxylic acids is 5. The van der Waals surface area contributed by atoms with Crippen LogP contribution in [-0.4, -0.2) is 184 Å². The van der Waals surface area contributed by atoms with E-state index in [2.05, 4.69) is 61.6 Å². The number of piperazine rings is 1. The Balaban J connectivity index is 0.705. The maximum absolute atomic E-state index is 14.7. The molecule has 1 aliphatic carbocycles. The lowest BCUT2D eigenvalue weighted by molar-refractivity contribution is -0.144. The highest BCUT2D eigenvalue weighted by Gasteiger charge is 2.49. The molecule has 20 nitrogen and oxygen atoms in total. The number of aryl methyl sites for hydroxylation is 1. The first kappa shape index (κ1) is 82.1. The van der Waals surface area contributed by atoms with Crippen LogP contribution in [0, 0.1) is 17.8 Å². The number of nitrogens with one attached hydrogen (secondary N) is 4. The van der Waals surface area contributed by atoms with Crippen molar-refractivity contribution in [1.82, 2.24) is 39.9 Å². The van der Waals surface area contributed by atoms with Gasteiger partial charge in [0.2, 0.25) is 23.6 Å². The minimum absolute atomic E-state index is 0.0409.